The van der Waals surface area contributed by atoms with Crippen LogP contribution in [0.5, 0.6) is 5.75 Å². The van der Waals surface area contributed by atoms with Crippen LogP contribution in [-0.2, 0) is 23.1 Å². The highest BCUT2D eigenvalue weighted by Crippen LogP contribution is 2.22. The quantitative estimate of drug-likeness (QED) is 0.644. The van der Waals surface area contributed by atoms with E-state index in [-0.39, 0.29) is 4.90 Å². The molecule has 1 aromatic carbocycles. The van der Waals surface area contributed by atoms with Gasteiger partial charge in [-0.3, -0.25) is 4.72 Å². The Kier molecular flexibility index (Phi) is 5.69. The molecule has 0 aliphatic heterocycles. The van der Waals surface area contributed by atoms with Gasteiger partial charge in [-0.2, -0.15) is 0 Å². The summed E-state index contributed by atoms with van der Waals surface area (Å²) >= 11 is 0. The number of hydrogen-bond acceptors (Lipinski definition) is 6. The van der Waals surface area contributed by atoms with Crippen molar-refractivity contribution in [2.75, 3.05) is 4.72 Å². The van der Waals surface area contributed by atoms with Gasteiger partial charge in [0.1, 0.15) is 23.9 Å². The van der Waals surface area contributed by atoms with Crippen LogP contribution >= 0.6 is 0 Å². The van der Waals surface area contributed by atoms with Crippen LogP contribution in [0.3, 0.4) is 0 Å². The third-order valence-corrected chi connectivity index (χ3v) is 5.78. The first-order valence-corrected chi connectivity index (χ1v) is 10.4. The Morgan fingerprint density at radius 2 is 1.79 bits per heavy atom. The first-order valence-electron chi connectivity index (χ1n) is 8.94. The van der Waals surface area contributed by atoms with Crippen molar-refractivity contribution in [3.63, 3.8) is 0 Å². The molecule has 0 radical (unpaired) electrons. The van der Waals surface area contributed by atoms with Crippen LogP contribution in [0, 0.1) is 20.8 Å². The number of rotatable bonds is 7. The average molecular weight is 401 g/mol. The number of pyridine rings is 1. The summed E-state index contributed by atoms with van der Waals surface area (Å²) in [5.74, 6) is 1.63. The number of nitrogens with zero attached hydrogens (tertiary/aromatic N) is 2. The summed E-state index contributed by atoms with van der Waals surface area (Å²) in [7, 11) is -3.74. The van der Waals surface area contributed by atoms with Gasteiger partial charge in [-0.15, -0.1) is 0 Å². The average Bonchev–Trinajstić information content (AvgIpc) is 2.98. The minimum absolute atomic E-state index is 0.141. The second-order valence-electron chi connectivity index (χ2n) is 6.48. The lowest BCUT2D eigenvalue weighted by Crippen LogP contribution is -2.15. The van der Waals surface area contributed by atoms with E-state index in [1.165, 1.54) is 12.1 Å². The largest absolute Gasteiger partial charge is 0.489 e. The van der Waals surface area contributed by atoms with Crippen LogP contribution in [0.25, 0.3) is 0 Å². The molecule has 3 rings (SSSR count). The predicted molar refractivity (Wildman–Crippen MR) is 106 cm³/mol. The lowest BCUT2D eigenvalue weighted by Gasteiger charge is -2.12. The van der Waals surface area contributed by atoms with Crippen molar-refractivity contribution in [2.24, 2.45) is 0 Å². The predicted octanol–water partition coefficient (Wildman–Crippen LogP) is 3.94. The lowest BCUT2D eigenvalue weighted by molar-refractivity contribution is 0.301. The Balaban J connectivity index is 1.74. The summed E-state index contributed by atoms with van der Waals surface area (Å²) in [6.45, 7) is 7.75. The number of sulfonamides is 1. The smallest absolute Gasteiger partial charge is 0.263 e. The molecular formula is C20H23N3O4S. The molecule has 1 N–H and O–H groups in total. The number of aryl methyl sites for hydroxylation is 4. The fourth-order valence-electron chi connectivity index (χ4n) is 2.72. The minimum Gasteiger partial charge on any atom is -0.489 e. The minimum atomic E-state index is -3.74. The summed E-state index contributed by atoms with van der Waals surface area (Å²) in [6, 6.07) is 10.0. The van der Waals surface area contributed by atoms with Crippen molar-refractivity contribution >= 4 is 15.8 Å². The Morgan fingerprint density at radius 1 is 1.07 bits per heavy atom. The molecular weight excluding hydrogens is 378 g/mol. The van der Waals surface area contributed by atoms with E-state index < -0.39 is 10.0 Å². The van der Waals surface area contributed by atoms with Crippen molar-refractivity contribution in [3.8, 4) is 5.75 Å². The molecule has 0 bridgehead atoms. The van der Waals surface area contributed by atoms with Gasteiger partial charge in [0.05, 0.1) is 16.2 Å². The molecule has 28 heavy (non-hydrogen) atoms. The zero-order valence-corrected chi connectivity index (χ0v) is 17.1. The van der Waals surface area contributed by atoms with E-state index in [0.29, 0.717) is 30.4 Å². The number of anilines is 1. The number of benzene rings is 1. The van der Waals surface area contributed by atoms with Gasteiger partial charge >= 0.3 is 0 Å². The standard InChI is InChI=1S/C20H23N3O4S/c1-5-16-7-6-13(2)21-20(16)23-28(24,25)18-10-8-17(9-11-18)26-12-19-14(3)22-27-15(19)4/h6-11H,5,12H2,1-4H3,(H,21,23). The van der Waals surface area contributed by atoms with Gasteiger partial charge in [-0.1, -0.05) is 18.1 Å². The summed E-state index contributed by atoms with van der Waals surface area (Å²) in [5.41, 5.74) is 3.25. The van der Waals surface area contributed by atoms with Gasteiger partial charge in [0, 0.05) is 5.69 Å². The molecule has 0 amide bonds. The first-order chi connectivity index (χ1) is 13.3. The highest BCUT2D eigenvalue weighted by Gasteiger charge is 2.17. The van der Waals surface area contributed by atoms with Gasteiger partial charge < -0.3 is 9.26 Å². The van der Waals surface area contributed by atoms with E-state index in [4.69, 9.17) is 9.26 Å². The van der Waals surface area contributed by atoms with Gasteiger partial charge in [-0.05, 0) is 63.1 Å². The van der Waals surface area contributed by atoms with Crippen molar-refractivity contribution in [1.82, 2.24) is 10.1 Å². The molecule has 0 unspecified atom stereocenters. The molecule has 0 saturated heterocycles. The van der Waals surface area contributed by atoms with Crippen LogP contribution in [0.15, 0.2) is 45.8 Å². The van der Waals surface area contributed by atoms with Crippen molar-refractivity contribution < 1.29 is 17.7 Å². The Hall–Kier alpha value is -2.87. The van der Waals surface area contributed by atoms with Crippen molar-refractivity contribution in [2.45, 2.75) is 45.6 Å². The first kappa shape index (κ1) is 19.9. The third-order valence-electron chi connectivity index (χ3n) is 4.43. The zero-order valence-electron chi connectivity index (χ0n) is 16.3. The highest BCUT2D eigenvalue weighted by atomic mass is 32.2. The van der Waals surface area contributed by atoms with Crippen molar-refractivity contribution in [3.05, 3.63) is 64.7 Å². The Morgan fingerprint density at radius 3 is 2.39 bits per heavy atom. The van der Waals surface area contributed by atoms with Gasteiger partial charge in [0.2, 0.25) is 0 Å². The monoisotopic (exact) mass is 401 g/mol. The van der Waals surface area contributed by atoms with Crippen LogP contribution in [0.1, 0.15) is 35.2 Å². The lowest BCUT2D eigenvalue weighted by atomic mass is 10.2. The van der Waals surface area contributed by atoms with Crippen LogP contribution in [0.2, 0.25) is 0 Å². The van der Waals surface area contributed by atoms with E-state index in [1.54, 1.807) is 12.1 Å². The third kappa shape index (κ3) is 4.33. The topological polar surface area (TPSA) is 94.3 Å². The summed E-state index contributed by atoms with van der Waals surface area (Å²) in [5, 5.41) is 3.89. The van der Waals surface area contributed by atoms with Crippen molar-refractivity contribution in [1.29, 1.82) is 0 Å². The molecule has 8 heteroatoms. The van der Waals surface area contributed by atoms with Gasteiger partial charge in [-0.25, -0.2) is 13.4 Å². The van der Waals surface area contributed by atoms with Crippen LogP contribution < -0.4 is 9.46 Å². The Bertz CT molecular complexity index is 1050. The number of ether oxygens (including phenoxy) is 1. The number of hydrogen-bond donors (Lipinski definition) is 1. The SMILES string of the molecule is CCc1ccc(C)nc1NS(=O)(=O)c1ccc(OCc2c(C)noc2C)cc1. The molecule has 0 spiro atoms. The molecule has 148 valence electrons. The number of aromatic nitrogens is 2. The van der Waals surface area contributed by atoms with Gasteiger partial charge in [0.25, 0.3) is 10.0 Å². The van der Waals surface area contributed by atoms with E-state index in [0.717, 1.165) is 22.5 Å². The van der Waals surface area contributed by atoms with E-state index >= 15 is 0 Å². The van der Waals surface area contributed by atoms with E-state index in [1.807, 2.05) is 39.8 Å². The maximum atomic E-state index is 12.7. The summed E-state index contributed by atoms with van der Waals surface area (Å²) in [4.78, 5) is 4.46. The van der Waals surface area contributed by atoms with E-state index in [9.17, 15) is 8.42 Å². The Labute approximate surface area is 164 Å². The van der Waals surface area contributed by atoms with E-state index in [2.05, 4.69) is 14.9 Å². The molecule has 2 aromatic heterocycles. The molecule has 0 saturated carbocycles. The fraction of sp³-hybridized carbons (Fsp3) is 0.300. The fourth-order valence-corrected chi connectivity index (χ4v) is 3.77. The summed E-state index contributed by atoms with van der Waals surface area (Å²) < 4.78 is 38.8. The normalized spacial score (nSPS) is 11.4. The molecule has 3 aromatic rings. The molecule has 0 aliphatic carbocycles. The summed E-state index contributed by atoms with van der Waals surface area (Å²) in [6.07, 6.45) is 0.680. The molecule has 0 aliphatic rings. The van der Waals surface area contributed by atoms with Crippen LogP contribution in [0.4, 0.5) is 5.82 Å². The van der Waals surface area contributed by atoms with Crippen LogP contribution in [-0.4, -0.2) is 18.6 Å². The van der Waals surface area contributed by atoms with Gasteiger partial charge in [0.15, 0.2) is 0 Å². The highest BCUT2D eigenvalue weighted by molar-refractivity contribution is 7.92. The molecule has 2 heterocycles. The molecule has 0 atom stereocenters. The maximum Gasteiger partial charge on any atom is 0.263 e. The molecule has 0 fully saturated rings. The zero-order chi connectivity index (χ0) is 20.3. The molecule has 7 nitrogen and oxygen atoms in total. The maximum absolute atomic E-state index is 12.7. The second kappa shape index (κ2) is 8.02. The number of nitrogens with one attached hydrogen (secondary N) is 1. The second-order valence-corrected chi connectivity index (χ2v) is 8.16.